The number of amides is 1. The predicted octanol–water partition coefficient (Wildman–Crippen LogP) is 2.25. The zero-order chi connectivity index (χ0) is 17.3. The lowest BCUT2D eigenvalue weighted by molar-refractivity contribution is -0.385. The predicted molar refractivity (Wildman–Crippen MR) is 86.6 cm³/mol. The van der Waals surface area contributed by atoms with Crippen LogP contribution >= 0.6 is 0 Å². The number of aryl methyl sites for hydroxylation is 1. The van der Waals surface area contributed by atoms with Crippen molar-refractivity contribution in [1.82, 2.24) is 25.5 Å². The molecule has 0 spiro atoms. The lowest BCUT2D eigenvalue weighted by Crippen LogP contribution is -2.28. The number of H-pyrrole nitrogens is 2. The molecule has 1 amide bonds. The van der Waals surface area contributed by atoms with E-state index < -0.39 is 16.9 Å². The van der Waals surface area contributed by atoms with Crippen LogP contribution in [0.1, 0.15) is 41.9 Å². The van der Waals surface area contributed by atoms with Gasteiger partial charge in [0.1, 0.15) is 11.5 Å². The molecule has 3 aromatic rings. The zero-order valence-electron chi connectivity index (χ0n) is 13.2. The van der Waals surface area contributed by atoms with Gasteiger partial charge in [0, 0.05) is 0 Å². The molecule has 0 bridgehead atoms. The van der Waals surface area contributed by atoms with Gasteiger partial charge in [0.25, 0.3) is 5.91 Å². The van der Waals surface area contributed by atoms with Crippen LogP contribution in [0.2, 0.25) is 0 Å². The number of benzene rings is 1. The molecule has 1 aromatic carbocycles. The number of nitrogens with one attached hydrogen (secondary N) is 3. The molecule has 0 aliphatic heterocycles. The Balaban J connectivity index is 1.84. The number of rotatable bonds is 5. The van der Waals surface area contributed by atoms with Crippen molar-refractivity contribution in [3.05, 3.63) is 51.6 Å². The molecule has 9 nitrogen and oxygen atoms in total. The molecule has 0 radical (unpaired) electrons. The molecule has 2 heterocycles. The summed E-state index contributed by atoms with van der Waals surface area (Å²) in [7, 11) is 0. The van der Waals surface area contributed by atoms with Gasteiger partial charge in [-0.15, -0.1) is 0 Å². The third kappa shape index (κ3) is 2.71. The van der Waals surface area contributed by atoms with E-state index in [0.717, 1.165) is 11.0 Å². The van der Waals surface area contributed by atoms with Gasteiger partial charge in [-0.05, 0) is 25.5 Å². The first-order chi connectivity index (χ1) is 11.5. The van der Waals surface area contributed by atoms with Crippen molar-refractivity contribution in [2.75, 3.05) is 0 Å². The van der Waals surface area contributed by atoms with E-state index in [4.69, 9.17) is 0 Å². The maximum atomic E-state index is 12.4. The molecule has 3 rings (SSSR count). The van der Waals surface area contributed by atoms with E-state index in [-0.39, 0.29) is 11.4 Å². The number of hydrogen-bond acceptors (Lipinski definition) is 5. The molecule has 124 valence electrons. The topological polar surface area (TPSA) is 130 Å². The number of nitro groups is 1. The fraction of sp³-hybridized carbons (Fsp3) is 0.267. The second-order valence-corrected chi connectivity index (χ2v) is 5.34. The molecule has 0 saturated carbocycles. The summed E-state index contributed by atoms with van der Waals surface area (Å²) in [5.74, 6) is -0.0518. The van der Waals surface area contributed by atoms with Crippen molar-refractivity contribution in [1.29, 1.82) is 0 Å². The number of aromatic nitrogens is 4. The fourth-order valence-corrected chi connectivity index (χ4v) is 2.48. The van der Waals surface area contributed by atoms with Crippen LogP contribution in [-0.2, 0) is 6.42 Å². The smallest absolute Gasteiger partial charge is 0.322 e. The summed E-state index contributed by atoms with van der Waals surface area (Å²) in [6.07, 6.45) is 0.385. The number of carbonyl (C=O) groups excluding carboxylic acids is 1. The maximum Gasteiger partial charge on any atom is 0.322 e. The Morgan fingerprint density at radius 1 is 1.42 bits per heavy atom. The first kappa shape index (κ1) is 15.7. The van der Waals surface area contributed by atoms with Crippen molar-refractivity contribution in [2.24, 2.45) is 0 Å². The average molecular weight is 328 g/mol. The van der Waals surface area contributed by atoms with Crippen molar-refractivity contribution < 1.29 is 9.72 Å². The van der Waals surface area contributed by atoms with Gasteiger partial charge < -0.3 is 10.3 Å². The van der Waals surface area contributed by atoms with Crippen LogP contribution in [0.3, 0.4) is 0 Å². The van der Waals surface area contributed by atoms with Crippen molar-refractivity contribution in [3.63, 3.8) is 0 Å². The van der Waals surface area contributed by atoms with Gasteiger partial charge >= 0.3 is 5.69 Å². The molecular weight excluding hydrogens is 312 g/mol. The van der Waals surface area contributed by atoms with Gasteiger partial charge in [0.15, 0.2) is 0 Å². The zero-order valence-corrected chi connectivity index (χ0v) is 13.2. The quantitative estimate of drug-likeness (QED) is 0.488. The molecule has 0 aliphatic rings. The maximum absolute atomic E-state index is 12.4. The molecule has 3 N–H and O–H groups in total. The molecular formula is C15H16N6O3. The number of carbonyl (C=O) groups is 1. The highest BCUT2D eigenvalue weighted by atomic mass is 16.6. The summed E-state index contributed by atoms with van der Waals surface area (Å²) in [5.41, 5.74) is 1.45. The van der Waals surface area contributed by atoms with E-state index in [9.17, 15) is 14.9 Å². The Labute approximate surface area is 136 Å². The molecule has 0 aliphatic carbocycles. The molecule has 1 atom stereocenters. The lowest BCUT2D eigenvalue weighted by atomic mass is 10.2. The summed E-state index contributed by atoms with van der Waals surface area (Å²) in [4.78, 5) is 30.5. The molecule has 0 unspecified atom stereocenters. The van der Waals surface area contributed by atoms with Crippen LogP contribution in [0.25, 0.3) is 11.0 Å². The summed E-state index contributed by atoms with van der Waals surface area (Å²) in [6.45, 7) is 3.49. The monoisotopic (exact) mass is 328 g/mol. The van der Waals surface area contributed by atoms with Gasteiger partial charge in [-0.3, -0.25) is 20.0 Å². The molecule has 0 saturated heterocycles. The number of nitrogens with zero attached hydrogens (tertiary/aromatic N) is 3. The Bertz CT molecular complexity index is 880. The SMILES string of the molecule is CCc1[nH]nc(C(=O)N[C@@H](C)c2nc3ccccc3[nH]2)c1[N+](=O)[O-]. The van der Waals surface area contributed by atoms with Crippen molar-refractivity contribution >= 4 is 22.6 Å². The van der Waals surface area contributed by atoms with Crippen molar-refractivity contribution in [2.45, 2.75) is 26.3 Å². The molecule has 0 fully saturated rings. The highest BCUT2D eigenvalue weighted by molar-refractivity contribution is 5.96. The molecule has 2 aromatic heterocycles. The highest BCUT2D eigenvalue weighted by Crippen LogP contribution is 2.22. The van der Waals surface area contributed by atoms with E-state index in [2.05, 4.69) is 25.5 Å². The number of imidazole rings is 1. The second-order valence-electron chi connectivity index (χ2n) is 5.34. The van der Waals surface area contributed by atoms with Gasteiger partial charge in [-0.2, -0.15) is 5.10 Å². The Hall–Kier alpha value is -3.23. The Morgan fingerprint density at radius 2 is 2.17 bits per heavy atom. The lowest BCUT2D eigenvalue weighted by Gasteiger charge is -2.09. The number of para-hydroxylation sites is 2. The molecule has 9 heteroatoms. The average Bonchev–Trinajstić information content (AvgIpc) is 3.18. The van der Waals surface area contributed by atoms with E-state index in [1.807, 2.05) is 24.3 Å². The largest absolute Gasteiger partial charge is 0.341 e. The first-order valence-corrected chi connectivity index (χ1v) is 7.48. The van der Waals surface area contributed by atoms with Crippen LogP contribution in [0.5, 0.6) is 0 Å². The third-order valence-corrected chi connectivity index (χ3v) is 3.73. The van der Waals surface area contributed by atoms with Crippen LogP contribution in [0, 0.1) is 10.1 Å². The molecule has 24 heavy (non-hydrogen) atoms. The number of fused-ring (bicyclic) bond motifs is 1. The highest BCUT2D eigenvalue weighted by Gasteiger charge is 2.29. The van der Waals surface area contributed by atoms with Gasteiger partial charge in [-0.1, -0.05) is 19.1 Å². The Kier molecular flexibility index (Phi) is 3.98. The van der Waals surface area contributed by atoms with E-state index in [1.54, 1.807) is 13.8 Å². The van der Waals surface area contributed by atoms with E-state index >= 15 is 0 Å². The van der Waals surface area contributed by atoms with Crippen LogP contribution in [0.4, 0.5) is 5.69 Å². The van der Waals surface area contributed by atoms with Crippen molar-refractivity contribution in [3.8, 4) is 0 Å². The minimum absolute atomic E-state index is 0.222. The fourth-order valence-electron chi connectivity index (χ4n) is 2.48. The van der Waals surface area contributed by atoms with Crippen LogP contribution in [-0.4, -0.2) is 31.0 Å². The van der Waals surface area contributed by atoms with Gasteiger partial charge in [-0.25, -0.2) is 4.98 Å². The normalized spacial score (nSPS) is 12.2. The van der Waals surface area contributed by atoms with E-state index in [1.165, 1.54) is 0 Å². The summed E-state index contributed by atoms with van der Waals surface area (Å²) >= 11 is 0. The van der Waals surface area contributed by atoms with Gasteiger partial charge in [0.05, 0.1) is 22.0 Å². The summed E-state index contributed by atoms with van der Waals surface area (Å²) < 4.78 is 0. The Morgan fingerprint density at radius 3 is 2.83 bits per heavy atom. The minimum atomic E-state index is -0.620. The first-order valence-electron chi connectivity index (χ1n) is 7.48. The van der Waals surface area contributed by atoms with Crippen LogP contribution < -0.4 is 5.32 Å². The summed E-state index contributed by atoms with van der Waals surface area (Å²) in [5, 5.41) is 20.2. The third-order valence-electron chi connectivity index (χ3n) is 3.73. The van der Waals surface area contributed by atoms with Crippen LogP contribution in [0.15, 0.2) is 24.3 Å². The number of aromatic amines is 2. The number of hydrogen-bond donors (Lipinski definition) is 3. The summed E-state index contributed by atoms with van der Waals surface area (Å²) in [6, 6.07) is 7.04. The van der Waals surface area contributed by atoms with Gasteiger partial charge in [0.2, 0.25) is 5.69 Å². The minimum Gasteiger partial charge on any atom is -0.341 e. The van der Waals surface area contributed by atoms with E-state index in [0.29, 0.717) is 17.9 Å². The standard InChI is InChI=1S/C15H16N6O3/c1-3-9-13(21(23)24)12(20-19-9)15(22)16-8(2)14-17-10-6-4-5-7-11(10)18-14/h4-8H,3H2,1-2H3,(H,16,22)(H,17,18)(H,19,20)/t8-/m0/s1. The second kappa shape index (κ2) is 6.11.